The lowest BCUT2D eigenvalue weighted by molar-refractivity contribution is -0.126. The van der Waals surface area contributed by atoms with Crippen LogP contribution in [-0.2, 0) is 19.4 Å². The molecule has 0 bridgehead atoms. The van der Waals surface area contributed by atoms with E-state index in [1.165, 1.54) is 0 Å². The van der Waals surface area contributed by atoms with Gasteiger partial charge in [-0.2, -0.15) is 0 Å². The Morgan fingerprint density at radius 2 is 1.85 bits per heavy atom. The zero-order chi connectivity index (χ0) is 19.6. The smallest absolute Gasteiger partial charge is 0.221 e. The van der Waals surface area contributed by atoms with Gasteiger partial charge in [-0.05, 0) is 25.0 Å². The molecule has 0 unspecified atom stereocenters. The second-order valence-corrected chi connectivity index (χ2v) is 9.15. The van der Waals surface area contributed by atoms with Gasteiger partial charge in [0.25, 0.3) is 0 Å². The number of amides is 1. The average molecular weight is 388 g/mol. The second-order valence-electron chi connectivity index (χ2n) is 7.07. The predicted octanol–water partition coefficient (Wildman–Crippen LogP) is 2.31. The van der Waals surface area contributed by atoms with Crippen molar-refractivity contribution in [2.24, 2.45) is 0 Å². The Hall–Kier alpha value is -2.41. The Labute approximate surface area is 159 Å². The summed E-state index contributed by atoms with van der Waals surface area (Å²) in [5, 5.41) is 4.15. The molecule has 1 saturated carbocycles. The van der Waals surface area contributed by atoms with Crippen LogP contribution in [0.4, 0.5) is 5.69 Å². The normalized spacial score (nSPS) is 17.3. The Morgan fingerprint density at radius 3 is 2.52 bits per heavy atom. The van der Waals surface area contributed by atoms with E-state index >= 15 is 0 Å². The van der Waals surface area contributed by atoms with E-state index in [1.807, 2.05) is 37.2 Å². The molecule has 0 radical (unpaired) electrons. The maximum absolute atomic E-state index is 12.9. The summed E-state index contributed by atoms with van der Waals surface area (Å²) < 4.78 is 25.7. The van der Waals surface area contributed by atoms with Gasteiger partial charge in [0.05, 0.1) is 16.7 Å². The Morgan fingerprint density at radius 1 is 1.15 bits per heavy atom. The molecular weight excluding hydrogens is 364 g/mol. The van der Waals surface area contributed by atoms with Crippen molar-refractivity contribution in [2.75, 3.05) is 24.7 Å². The zero-order valence-corrected chi connectivity index (χ0v) is 16.4. The molecule has 0 saturated heterocycles. The molecule has 1 aliphatic carbocycles. The van der Waals surface area contributed by atoms with Crippen LogP contribution in [0.5, 0.6) is 0 Å². The first-order chi connectivity index (χ1) is 12.8. The number of Topliss-reactive ketones (excluding diaryl/α,β-unsaturated/α-hetero) is 1. The lowest BCUT2D eigenvalue weighted by atomic mass is 10.1. The van der Waals surface area contributed by atoms with Crippen molar-refractivity contribution in [1.82, 2.24) is 5.32 Å². The number of benzene rings is 2. The van der Waals surface area contributed by atoms with E-state index in [9.17, 15) is 18.0 Å². The fourth-order valence-electron chi connectivity index (χ4n) is 3.50. The van der Waals surface area contributed by atoms with E-state index in [4.69, 9.17) is 0 Å². The van der Waals surface area contributed by atoms with Crippen molar-refractivity contribution in [2.45, 2.75) is 36.6 Å². The molecule has 0 aromatic heterocycles. The third kappa shape index (κ3) is 4.13. The molecule has 2 aromatic carbocycles. The Kier molecular flexibility index (Phi) is 5.51. The Balaban J connectivity index is 1.80. The van der Waals surface area contributed by atoms with E-state index in [0.717, 1.165) is 17.5 Å². The van der Waals surface area contributed by atoms with Crippen molar-refractivity contribution in [1.29, 1.82) is 0 Å². The van der Waals surface area contributed by atoms with Gasteiger partial charge in [0.2, 0.25) is 5.91 Å². The molecule has 144 valence electrons. The number of anilines is 1. The van der Waals surface area contributed by atoms with Crippen LogP contribution >= 0.6 is 0 Å². The van der Waals surface area contributed by atoms with Crippen LogP contribution in [0.1, 0.15) is 25.7 Å². The monoisotopic (exact) mass is 388 g/mol. The third-order valence-electron chi connectivity index (χ3n) is 4.91. The van der Waals surface area contributed by atoms with Gasteiger partial charge < -0.3 is 10.2 Å². The topological polar surface area (TPSA) is 83.6 Å². The molecule has 7 heteroatoms. The fraction of sp³-hybridized carbons (Fsp3) is 0.400. The van der Waals surface area contributed by atoms with Crippen LogP contribution in [0.3, 0.4) is 0 Å². The lowest BCUT2D eigenvalue weighted by Gasteiger charge is -2.17. The Bertz CT molecular complexity index is 983. The van der Waals surface area contributed by atoms with Crippen LogP contribution in [0.2, 0.25) is 0 Å². The summed E-state index contributed by atoms with van der Waals surface area (Å²) >= 11 is 0. The molecule has 27 heavy (non-hydrogen) atoms. The summed E-state index contributed by atoms with van der Waals surface area (Å²) in [5.74, 6) is -0.657. The molecule has 0 heterocycles. The number of fused-ring (bicyclic) bond motifs is 1. The number of ketones is 1. The highest BCUT2D eigenvalue weighted by Gasteiger charge is 2.26. The van der Waals surface area contributed by atoms with Gasteiger partial charge in [-0.25, -0.2) is 8.42 Å². The summed E-state index contributed by atoms with van der Waals surface area (Å²) in [6.45, 7) is 0. The van der Waals surface area contributed by atoms with Gasteiger partial charge in [-0.3, -0.25) is 9.59 Å². The summed E-state index contributed by atoms with van der Waals surface area (Å²) in [6, 6.07) is 10.3. The maximum atomic E-state index is 12.9. The third-order valence-corrected chi connectivity index (χ3v) is 6.68. The number of carbonyl (C=O) groups excluding carboxylic acids is 2. The molecule has 2 aromatic rings. The second kappa shape index (κ2) is 7.68. The number of rotatable bonds is 6. The van der Waals surface area contributed by atoms with Crippen LogP contribution < -0.4 is 10.2 Å². The molecular formula is C20H24N2O4S. The molecule has 1 atom stereocenters. The minimum Gasteiger partial charge on any atom is -0.377 e. The molecule has 0 aliphatic heterocycles. The molecule has 1 aliphatic rings. The van der Waals surface area contributed by atoms with Crippen LogP contribution in [0.15, 0.2) is 41.3 Å². The lowest BCUT2D eigenvalue weighted by Crippen LogP contribution is -2.38. The minimum absolute atomic E-state index is 0.0245. The van der Waals surface area contributed by atoms with E-state index in [0.29, 0.717) is 18.2 Å². The van der Waals surface area contributed by atoms with Crippen molar-refractivity contribution in [3.63, 3.8) is 0 Å². The number of hydrogen-bond donors (Lipinski definition) is 1. The summed E-state index contributed by atoms with van der Waals surface area (Å²) in [7, 11) is 0.179. The first-order valence-corrected chi connectivity index (χ1v) is 10.7. The van der Waals surface area contributed by atoms with Gasteiger partial charge in [0.1, 0.15) is 0 Å². The van der Waals surface area contributed by atoms with Crippen molar-refractivity contribution in [3.8, 4) is 0 Å². The molecule has 3 rings (SSSR count). The van der Waals surface area contributed by atoms with Crippen LogP contribution in [-0.4, -0.2) is 46.0 Å². The average Bonchev–Trinajstić information content (AvgIpc) is 3.03. The van der Waals surface area contributed by atoms with Crippen molar-refractivity contribution < 1.29 is 18.0 Å². The maximum Gasteiger partial charge on any atom is 0.221 e. The first kappa shape index (κ1) is 19.4. The van der Waals surface area contributed by atoms with Gasteiger partial charge in [-0.1, -0.05) is 24.3 Å². The largest absolute Gasteiger partial charge is 0.377 e. The van der Waals surface area contributed by atoms with E-state index < -0.39 is 21.8 Å². The standard InChI is InChI=1S/C20H24N2O4S/c1-22(2)17-9-3-7-15-14(17)6-4-11-19(15)27(25,26)13-12-20(24)21-16-8-5-10-18(16)23/h3-4,6-7,9,11,16H,5,8,10,12-13H2,1-2H3,(H,21,24)/t16-/m1/s1. The fourth-order valence-corrected chi connectivity index (χ4v) is 4.97. The van der Waals surface area contributed by atoms with Gasteiger partial charge in [0, 0.05) is 43.4 Å². The highest BCUT2D eigenvalue weighted by atomic mass is 32.2. The SMILES string of the molecule is CN(C)c1cccc2c(S(=O)(=O)CCC(=O)N[C@@H]3CCCC3=O)cccc12. The summed E-state index contributed by atoms with van der Waals surface area (Å²) in [4.78, 5) is 25.9. The van der Waals surface area contributed by atoms with E-state index in [1.54, 1.807) is 18.2 Å². The predicted molar refractivity (Wildman–Crippen MR) is 106 cm³/mol. The van der Waals surface area contributed by atoms with Crippen molar-refractivity contribution in [3.05, 3.63) is 36.4 Å². The summed E-state index contributed by atoms with van der Waals surface area (Å²) in [5.41, 5.74) is 0.932. The van der Waals surface area contributed by atoms with E-state index in [2.05, 4.69) is 5.32 Å². The number of hydrogen-bond acceptors (Lipinski definition) is 5. The number of nitrogens with zero attached hydrogens (tertiary/aromatic N) is 1. The number of carbonyl (C=O) groups is 2. The zero-order valence-electron chi connectivity index (χ0n) is 15.6. The molecule has 1 N–H and O–H groups in total. The summed E-state index contributed by atoms with van der Waals surface area (Å²) in [6.07, 6.45) is 1.73. The highest BCUT2D eigenvalue weighted by molar-refractivity contribution is 7.91. The quantitative estimate of drug-likeness (QED) is 0.821. The van der Waals surface area contributed by atoms with Gasteiger partial charge >= 0.3 is 0 Å². The number of nitrogens with one attached hydrogen (secondary N) is 1. The van der Waals surface area contributed by atoms with Crippen LogP contribution in [0.25, 0.3) is 10.8 Å². The molecule has 0 spiro atoms. The van der Waals surface area contributed by atoms with Crippen LogP contribution in [0, 0.1) is 0 Å². The molecule has 1 amide bonds. The molecule has 1 fully saturated rings. The van der Waals surface area contributed by atoms with E-state index in [-0.39, 0.29) is 22.9 Å². The highest BCUT2D eigenvalue weighted by Crippen LogP contribution is 2.30. The first-order valence-electron chi connectivity index (χ1n) is 9.03. The molecule has 6 nitrogen and oxygen atoms in total. The van der Waals surface area contributed by atoms with Crippen molar-refractivity contribution >= 4 is 38.0 Å². The number of sulfone groups is 1. The van der Waals surface area contributed by atoms with Gasteiger partial charge in [0.15, 0.2) is 15.6 Å². The minimum atomic E-state index is -3.64. The van der Waals surface area contributed by atoms with Gasteiger partial charge in [-0.15, -0.1) is 0 Å².